The number of rotatable bonds is 6. The highest BCUT2D eigenvalue weighted by molar-refractivity contribution is 5.87. The second-order valence-corrected chi connectivity index (χ2v) is 6.26. The Balaban J connectivity index is 2.43. The van der Waals surface area contributed by atoms with E-state index in [-0.39, 0.29) is 22.9 Å². The molecule has 0 heterocycles. The van der Waals surface area contributed by atoms with E-state index in [0.717, 1.165) is 38.5 Å². The summed E-state index contributed by atoms with van der Waals surface area (Å²) in [7, 11) is 0. The molecular weight excluding hydrogens is 298 g/mol. The maximum Gasteiger partial charge on any atom is 0.310 e. The molecule has 0 aromatic heterocycles. The topological polar surface area (TPSA) is 92.5 Å². The van der Waals surface area contributed by atoms with Crippen LogP contribution in [-0.4, -0.2) is 16.5 Å². The van der Waals surface area contributed by atoms with E-state index in [1.54, 1.807) is 0 Å². The molecule has 126 valence electrons. The summed E-state index contributed by atoms with van der Waals surface area (Å²) in [6.07, 6.45) is 5.71. The van der Waals surface area contributed by atoms with E-state index >= 15 is 0 Å². The fourth-order valence-electron chi connectivity index (χ4n) is 3.31. The molecule has 2 rings (SSSR count). The molecule has 23 heavy (non-hydrogen) atoms. The molecule has 1 aromatic carbocycles. The number of hydrogen-bond acceptors (Lipinski definition) is 5. The first-order chi connectivity index (χ1) is 10.9. The van der Waals surface area contributed by atoms with Crippen molar-refractivity contribution in [3.8, 4) is 5.75 Å². The number of hydrogen-bond donors (Lipinski definition) is 0. The van der Waals surface area contributed by atoms with Gasteiger partial charge in [0, 0.05) is 11.6 Å². The number of nitro benzene ring substituents is 1. The van der Waals surface area contributed by atoms with Crippen molar-refractivity contribution in [3.63, 3.8) is 0 Å². The molecule has 0 radical (unpaired) electrons. The van der Waals surface area contributed by atoms with Crippen molar-refractivity contribution in [1.29, 1.82) is 0 Å². The van der Waals surface area contributed by atoms with Crippen molar-refractivity contribution in [2.24, 2.45) is 5.92 Å². The molecule has 1 aliphatic rings. The lowest BCUT2D eigenvalue weighted by Gasteiger charge is -2.42. The first kappa shape index (κ1) is 17.2. The average molecular weight is 320 g/mol. The fourth-order valence-corrected chi connectivity index (χ4v) is 3.31. The van der Waals surface area contributed by atoms with Crippen LogP contribution in [0, 0.1) is 16.0 Å². The lowest BCUT2D eigenvalue weighted by Crippen LogP contribution is -2.44. The number of carboxylic acids is 1. The largest absolute Gasteiger partial charge is 0.545 e. The highest BCUT2D eigenvalue weighted by Crippen LogP contribution is 2.42. The molecule has 0 saturated heterocycles. The normalized spacial score (nSPS) is 18.2. The summed E-state index contributed by atoms with van der Waals surface area (Å²) in [5.74, 6) is -1.11. The molecular formula is C17H22NO5-. The van der Waals surface area contributed by atoms with Crippen LogP contribution in [0.15, 0.2) is 18.2 Å². The van der Waals surface area contributed by atoms with Crippen molar-refractivity contribution in [3.05, 3.63) is 33.9 Å². The zero-order valence-electron chi connectivity index (χ0n) is 13.5. The van der Waals surface area contributed by atoms with Gasteiger partial charge in [0.15, 0.2) is 5.75 Å². The first-order valence-electron chi connectivity index (χ1n) is 8.08. The molecule has 0 amide bonds. The number of ether oxygens (including phenoxy) is 1. The van der Waals surface area contributed by atoms with E-state index < -0.39 is 16.5 Å². The third-order valence-electron chi connectivity index (χ3n) is 4.92. The van der Waals surface area contributed by atoms with E-state index in [0.29, 0.717) is 0 Å². The summed E-state index contributed by atoms with van der Waals surface area (Å²) in [6, 6.07) is 3.57. The van der Waals surface area contributed by atoms with Crippen LogP contribution in [-0.2, 0) is 0 Å². The van der Waals surface area contributed by atoms with E-state index in [1.807, 2.05) is 0 Å². The predicted molar refractivity (Wildman–Crippen MR) is 83.3 cm³/mol. The molecule has 0 bridgehead atoms. The Hall–Kier alpha value is -2.11. The van der Waals surface area contributed by atoms with Crippen molar-refractivity contribution in [2.75, 3.05) is 0 Å². The molecule has 1 aliphatic carbocycles. The average Bonchev–Trinajstić information content (AvgIpc) is 2.54. The smallest absolute Gasteiger partial charge is 0.310 e. The third-order valence-corrected chi connectivity index (χ3v) is 4.92. The van der Waals surface area contributed by atoms with E-state index in [1.165, 1.54) is 18.2 Å². The number of carbonyl (C=O) groups excluding carboxylic acids is 1. The van der Waals surface area contributed by atoms with Gasteiger partial charge >= 0.3 is 5.69 Å². The summed E-state index contributed by atoms with van der Waals surface area (Å²) < 4.78 is 6.15. The summed E-state index contributed by atoms with van der Waals surface area (Å²) in [4.78, 5) is 21.8. The molecule has 6 heteroatoms. The van der Waals surface area contributed by atoms with Gasteiger partial charge in [-0.15, -0.1) is 0 Å². The minimum Gasteiger partial charge on any atom is -0.545 e. The molecule has 1 fully saturated rings. The second-order valence-electron chi connectivity index (χ2n) is 6.26. The Labute approximate surface area is 135 Å². The second kappa shape index (κ2) is 6.98. The van der Waals surface area contributed by atoms with Gasteiger partial charge in [-0.1, -0.05) is 20.3 Å². The van der Waals surface area contributed by atoms with Crippen molar-refractivity contribution in [1.82, 2.24) is 0 Å². The molecule has 0 N–H and O–H groups in total. The van der Waals surface area contributed by atoms with Crippen LogP contribution >= 0.6 is 0 Å². The van der Waals surface area contributed by atoms with Gasteiger partial charge in [-0.3, -0.25) is 10.1 Å². The Morgan fingerprint density at radius 3 is 2.52 bits per heavy atom. The Morgan fingerprint density at radius 2 is 2.00 bits per heavy atom. The third kappa shape index (κ3) is 3.63. The zero-order valence-corrected chi connectivity index (χ0v) is 13.5. The molecule has 1 aromatic rings. The van der Waals surface area contributed by atoms with Crippen molar-refractivity contribution < 1.29 is 19.6 Å². The highest BCUT2D eigenvalue weighted by atomic mass is 16.6. The van der Waals surface area contributed by atoms with Gasteiger partial charge in [-0.2, -0.15) is 0 Å². The molecule has 6 nitrogen and oxygen atoms in total. The van der Waals surface area contributed by atoms with Crippen LogP contribution in [0.1, 0.15) is 62.7 Å². The van der Waals surface area contributed by atoms with Gasteiger partial charge in [0.25, 0.3) is 0 Å². The van der Waals surface area contributed by atoms with Gasteiger partial charge in [0.1, 0.15) is 5.60 Å². The Kier molecular flexibility index (Phi) is 5.23. The van der Waals surface area contributed by atoms with Gasteiger partial charge < -0.3 is 14.6 Å². The molecule has 1 saturated carbocycles. The standard InChI is InChI=1S/C17H23NO5/c1-3-12(2)17(9-5-4-6-10-17)23-15-11-13(16(19)20)7-8-14(15)18(21)22/h7-8,11-12H,3-6,9-10H2,1-2H3,(H,19,20)/p-1. The molecule has 0 aliphatic heterocycles. The maximum absolute atomic E-state index is 11.3. The van der Waals surface area contributed by atoms with Gasteiger partial charge in [0.05, 0.1) is 10.9 Å². The summed E-state index contributed by atoms with van der Waals surface area (Å²) in [5, 5.41) is 22.3. The van der Waals surface area contributed by atoms with Crippen LogP contribution in [0.2, 0.25) is 0 Å². The zero-order chi connectivity index (χ0) is 17.0. The monoisotopic (exact) mass is 320 g/mol. The lowest BCUT2D eigenvalue weighted by molar-refractivity contribution is -0.386. The predicted octanol–water partition coefficient (Wildman–Crippen LogP) is 3.09. The summed E-state index contributed by atoms with van der Waals surface area (Å²) in [5.41, 5.74) is -0.786. The van der Waals surface area contributed by atoms with Gasteiger partial charge in [-0.05, 0) is 50.2 Å². The van der Waals surface area contributed by atoms with Gasteiger partial charge in [0.2, 0.25) is 0 Å². The number of nitro groups is 1. The number of aromatic carboxylic acids is 1. The van der Waals surface area contributed by atoms with Crippen LogP contribution < -0.4 is 9.84 Å². The van der Waals surface area contributed by atoms with Crippen LogP contribution in [0.5, 0.6) is 5.75 Å². The number of nitrogens with zero attached hydrogens (tertiary/aromatic N) is 1. The van der Waals surface area contributed by atoms with Crippen molar-refractivity contribution in [2.45, 2.75) is 58.0 Å². The maximum atomic E-state index is 11.3. The fraction of sp³-hybridized carbons (Fsp3) is 0.588. The lowest BCUT2D eigenvalue weighted by atomic mass is 9.75. The molecule has 1 unspecified atom stereocenters. The van der Waals surface area contributed by atoms with Crippen LogP contribution in [0.25, 0.3) is 0 Å². The van der Waals surface area contributed by atoms with E-state index in [9.17, 15) is 20.0 Å². The minimum atomic E-state index is -1.37. The minimum absolute atomic E-state index is 0.0268. The van der Waals surface area contributed by atoms with E-state index in [2.05, 4.69) is 13.8 Å². The van der Waals surface area contributed by atoms with Crippen LogP contribution in [0.4, 0.5) is 5.69 Å². The Morgan fingerprint density at radius 1 is 1.35 bits per heavy atom. The van der Waals surface area contributed by atoms with Gasteiger partial charge in [-0.25, -0.2) is 0 Å². The van der Waals surface area contributed by atoms with E-state index in [4.69, 9.17) is 4.74 Å². The Bertz CT molecular complexity index is 593. The van der Waals surface area contributed by atoms with Crippen LogP contribution in [0.3, 0.4) is 0 Å². The number of carbonyl (C=O) groups is 1. The molecule has 0 spiro atoms. The van der Waals surface area contributed by atoms with Crippen molar-refractivity contribution >= 4 is 11.7 Å². The SMILES string of the molecule is CCC(C)C1(Oc2cc(C(=O)[O-])ccc2[N+](=O)[O-])CCCCC1. The molecule has 1 atom stereocenters. The first-order valence-corrected chi connectivity index (χ1v) is 8.08. The summed E-state index contributed by atoms with van der Waals surface area (Å²) >= 11 is 0. The number of carboxylic acid groups (broad SMARTS) is 1. The number of benzene rings is 1. The summed E-state index contributed by atoms with van der Waals surface area (Å²) in [6.45, 7) is 4.15. The highest BCUT2D eigenvalue weighted by Gasteiger charge is 2.40. The quantitative estimate of drug-likeness (QED) is 0.593.